The lowest BCUT2D eigenvalue weighted by molar-refractivity contribution is -0.422. The average Bonchev–Trinajstić information content (AvgIpc) is 3.08. The zero-order valence-electron chi connectivity index (χ0n) is 12.2. The molecule has 0 aromatic heterocycles. The van der Waals surface area contributed by atoms with E-state index in [1.807, 2.05) is 0 Å². The molecule has 1 aromatic rings. The summed E-state index contributed by atoms with van der Waals surface area (Å²) in [6, 6.07) is 3.91. The third kappa shape index (κ3) is 2.90. The highest BCUT2D eigenvalue weighted by atomic mass is 16.6. The molecule has 0 N–H and O–H groups in total. The number of aliphatic imine (C=N–C) groups is 1. The minimum Gasteiger partial charge on any atom is -0.313 e. The summed E-state index contributed by atoms with van der Waals surface area (Å²) in [6.07, 6.45) is 7.11. The Balaban J connectivity index is 1.97. The SMILES string of the molecule is O=[N+]([O-])c1ccc(N2C=CC=NC2N2CCCC2)cc1[N+](=O)[O-]. The Kier molecular flexibility index (Phi) is 4.02. The molecule has 23 heavy (non-hydrogen) atoms. The van der Waals surface area contributed by atoms with Gasteiger partial charge in [-0.3, -0.25) is 30.1 Å². The summed E-state index contributed by atoms with van der Waals surface area (Å²) in [4.78, 5) is 29.0. The summed E-state index contributed by atoms with van der Waals surface area (Å²) in [5.41, 5.74) is -0.524. The standard InChI is InChI=1S/C14H15N5O4/c20-18(21)12-5-4-11(10-13(12)19(22)23)17-9-3-6-15-14(17)16-7-1-2-8-16/h3-6,9-10,14H,1-2,7-8H2. The van der Waals surface area contributed by atoms with Crippen LogP contribution in [0, 0.1) is 20.2 Å². The van der Waals surface area contributed by atoms with Gasteiger partial charge in [0.1, 0.15) is 0 Å². The molecule has 120 valence electrons. The van der Waals surface area contributed by atoms with E-state index in [0.29, 0.717) is 5.69 Å². The Morgan fingerprint density at radius 3 is 2.43 bits per heavy atom. The van der Waals surface area contributed by atoms with Crippen LogP contribution >= 0.6 is 0 Å². The van der Waals surface area contributed by atoms with Gasteiger partial charge < -0.3 is 4.90 Å². The van der Waals surface area contributed by atoms with Gasteiger partial charge in [0.25, 0.3) is 0 Å². The van der Waals surface area contributed by atoms with Crippen molar-refractivity contribution in [2.45, 2.75) is 19.1 Å². The van der Waals surface area contributed by atoms with Gasteiger partial charge in [-0.05, 0) is 25.0 Å². The van der Waals surface area contributed by atoms with E-state index in [1.165, 1.54) is 18.2 Å². The van der Waals surface area contributed by atoms with Gasteiger partial charge in [-0.2, -0.15) is 0 Å². The molecule has 0 radical (unpaired) electrons. The topological polar surface area (TPSA) is 105 Å². The zero-order valence-corrected chi connectivity index (χ0v) is 12.2. The van der Waals surface area contributed by atoms with Crippen LogP contribution in [-0.4, -0.2) is 40.3 Å². The van der Waals surface area contributed by atoms with Crippen LogP contribution in [0.25, 0.3) is 0 Å². The average molecular weight is 317 g/mol. The van der Waals surface area contributed by atoms with Crippen molar-refractivity contribution < 1.29 is 9.85 Å². The Hall–Kier alpha value is -2.81. The van der Waals surface area contributed by atoms with Gasteiger partial charge >= 0.3 is 11.4 Å². The van der Waals surface area contributed by atoms with Crippen molar-refractivity contribution in [3.05, 3.63) is 50.7 Å². The molecule has 9 nitrogen and oxygen atoms in total. The number of likely N-dealkylation sites (tertiary alicyclic amines) is 1. The van der Waals surface area contributed by atoms with Gasteiger partial charge in [-0.25, -0.2) is 0 Å². The molecule has 2 heterocycles. The molecule has 2 aliphatic heterocycles. The lowest BCUT2D eigenvalue weighted by Crippen LogP contribution is -2.44. The Labute approximate surface area is 131 Å². The van der Waals surface area contributed by atoms with Crippen LogP contribution in [0.2, 0.25) is 0 Å². The van der Waals surface area contributed by atoms with Crippen LogP contribution < -0.4 is 4.90 Å². The second kappa shape index (κ2) is 6.13. The summed E-state index contributed by atoms with van der Waals surface area (Å²) in [6.45, 7) is 1.81. The molecule has 3 rings (SSSR count). The van der Waals surface area contributed by atoms with E-state index >= 15 is 0 Å². The number of allylic oxidation sites excluding steroid dienone is 1. The Morgan fingerprint density at radius 2 is 1.78 bits per heavy atom. The second-order valence-corrected chi connectivity index (χ2v) is 5.32. The first-order valence-electron chi connectivity index (χ1n) is 7.23. The van der Waals surface area contributed by atoms with Crippen LogP contribution in [0.15, 0.2) is 35.5 Å². The molecule has 0 amide bonds. The normalized spacial score (nSPS) is 20.9. The summed E-state index contributed by atoms with van der Waals surface area (Å²) in [7, 11) is 0. The third-order valence-electron chi connectivity index (χ3n) is 3.92. The van der Waals surface area contributed by atoms with Gasteiger partial charge in [0.2, 0.25) is 0 Å². The fraction of sp³-hybridized carbons (Fsp3) is 0.357. The lowest BCUT2D eigenvalue weighted by atomic mass is 10.2. The number of nitrogens with zero attached hydrogens (tertiary/aromatic N) is 5. The van der Waals surface area contributed by atoms with E-state index in [2.05, 4.69) is 9.89 Å². The molecule has 0 spiro atoms. The third-order valence-corrected chi connectivity index (χ3v) is 3.92. The zero-order chi connectivity index (χ0) is 16.4. The first-order valence-corrected chi connectivity index (χ1v) is 7.23. The number of hydrogen-bond acceptors (Lipinski definition) is 7. The number of rotatable bonds is 4. The molecule has 0 bridgehead atoms. The van der Waals surface area contributed by atoms with Crippen LogP contribution in [0.1, 0.15) is 12.8 Å². The van der Waals surface area contributed by atoms with Crippen LogP contribution in [0.4, 0.5) is 17.1 Å². The minimum absolute atomic E-state index is 0.274. The van der Waals surface area contributed by atoms with E-state index in [-0.39, 0.29) is 6.29 Å². The monoisotopic (exact) mass is 317 g/mol. The fourth-order valence-electron chi connectivity index (χ4n) is 2.84. The van der Waals surface area contributed by atoms with Gasteiger partial charge in [0.05, 0.1) is 15.5 Å². The van der Waals surface area contributed by atoms with Crippen molar-refractivity contribution in [3.63, 3.8) is 0 Å². The van der Waals surface area contributed by atoms with E-state index in [9.17, 15) is 20.2 Å². The largest absolute Gasteiger partial charge is 0.348 e. The lowest BCUT2D eigenvalue weighted by Gasteiger charge is -2.35. The van der Waals surface area contributed by atoms with Crippen molar-refractivity contribution in [3.8, 4) is 0 Å². The smallest absolute Gasteiger partial charge is 0.313 e. The van der Waals surface area contributed by atoms with Crippen molar-refractivity contribution in [1.29, 1.82) is 0 Å². The van der Waals surface area contributed by atoms with E-state index in [1.54, 1.807) is 23.4 Å². The number of hydrogen-bond donors (Lipinski definition) is 0. The molecular weight excluding hydrogens is 302 g/mol. The molecule has 1 atom stereocenters. The number of benzene rings is 1. The summed E-state index contributed by atoms with van der Waals surface area (Å²) in [5, 5.41) is 22.1. The number of anilines is 1. The Morgan fingerprint density at radius 1 is 1.09 bits per heavy atom. The first-order chi connectivity index (χ1) is 11.1. The van der Waals surface area contributed by atoms with Gasteiger partial charge in [0.15, 0.2) is 6.29 Å². The Bertz CT molecular complexity index is 696. The molecule has 1 fully saturated rings. The number of nitro groups is 2. The van der Waals surface area contributed by atoms with Gasteiger partial charge in [0, 0.05) is 37.6 Å². The summed E-state index contributed by atoms with van der Waals surface area (Å²) in [5.74, 6) is 0. The molecule has 1 aromatic carbocycles. The summed E-state index contributed by atoms with van der Waals surface area (Å²) >= 11 is 0. The molecule has 1 unspecified atom stereocenters. The van der Waals surface area contributed by atoms with Gasteiger partial charge in [-0.1, -0.05) is 0 Å². The quantitative estimate of drug-likeness (QED) is 0.623. The summed E-state index contributed by atoms with van der Waals surface area (Å²) < 4.78 is 0. The van der Waals surface area contributed by atoms with Gasteiger partial charge in [-0.15, -0.1) is 0 Å². The van der Waals surface area contributed by atoms with Crippen LogP contribution in [-0.2, 0) is 0 Å². The van der Waals surface area contributed by atoms with Crippen molar-refractivity contribution in [2.75, 3.05) is 18.0 Å². The maximum absolute atomic E-state index is 11.1. The predicted octanol–water partition coefficient (Wildman–Crippen LogP) is 2.29. The number of nitro benzene ring substituents is 2. The van der Waals surface area contributed by atoms with E-state index in [4.69, 9.17) is 0 Å². The molecule has 1 saturated heterocycles. The maximum Gasteiger partial charge on any atom is 0.348 e. The molecule has 0 saturated carbocycles. The molecule has 0 aliphatic carbocycles. The van der Waals surface area contributed by atoms with E-state index < -0.39 is 21.2 Å². The highest BCUT2D eigenvalue weighted by Gasteiger charge is 2.30. The highest BCUT2D eigenvalue weighted by Crippen LogP contribution is 2.33. The van der Waals surface area contributed by atoms with Crippen molar-refractivity contribution >= 4 is 23.3 Å². The fourth-order valence-corrected chi connectivity index (χ4v) is 2.84. The maximum atomic E-state index is 11.1. The van der Waals surface area contributed by atoms with E-state index in [0.717, 1.165) is 25.9 Å². The van der Waals surface area contributed by atoms with Crippen LogP contribution in [0.5, 0.6) is 0 Å². The minimum atomic E-state index is -0.746. The highest BCUT2D eigenvalue weighted by molar-refractivity contribution is 5.75. The molecule has 2 aliphatic rings. The molecule has 9 heteroatoms. The first kappa shape index (κ1) is 15.1. The second-order valence-electron chi connectivity index (χ2n) is 5.32. The molecular formula is C14H15N5O4. The predicted molar refractivity (Wildman–Crippen MR) is 84.5 cm³/mol. The van der Waals surface area contributed by atoms with Crippen molar-refractivity contribution in [1.82, 2.24) is 4.90 Å². The van der Waals surface area contributed by atoms with Crippen molar-refractivity contribution in [2.24, 2.45) is 4.99 Å². The van der Waals surface area contributed by atoms with Crippen LogP contribution in [0.3, 0.4) is 0 Å².